The number of hydrogen-bond donors (Lipinski definition) is 2. The Morgan fingerprint density at radius 1 is 1.00 bits per heavy atom. The van der Waals surface area contributed by atoms with Gasteiger partial charge in [-0.1, -0.05) is 41.6 Å². The van der Waals surface area contributed by atoms with E-state index >= 15 is 0 Å². The van der Waals surface area contributed by atoms with Crippen molar-refractivity contribution in [3.8, 4) is 0 Å². The van der Waals surface area contributed by atoms with E-state index in [9.17, 15) is 14.4 Å². The summed E-state index contributed by atoms with van der Waals surface area (Å²) in [5.74, 6) is -0.381. The van der Waals surface area contributed by atoms with Gasteiger partial charge in [0.15, 0.2) is 4.34 Å². The van der Waals surface area contributed by atoms with Gasteiger partial charge in [0, 0.05) is 29.5 Å². The molecule has 0 radical (unpaired) electrons. The van der Waals surface area contributed by atoms with Crippen molar-refractivity contribution in [2.45, 2.75) is 24.1 Å². The third-order valence-corrected chi connectivity index (χ3v) is 8.86. The minimum atomic E-state index is -0.334. The summed E-state index contributed by atoms with van der Waals surface area (Å²) in [6, 6.07) is 17.8. The number of anilines is 2. The van der Waals surface area contributed by atoms with Crippen LogP contribution < -0.4 is 10.6 Å². The molecule has 0 aliphatic carbocycles. The summed E-state index contributed by atoms with van der Waals surface area (Å²) < 4.78 is 1.64. The Morgan fingerprint density at radius 2 is 1.76 bits per heavy atom. The molecule has 1 aliphatic heterocycles. The van der Waals surface area contributed by atoms with Crippen molar-refractivity contribution in [3.05, 3.63) is 82.4 Å². The number of nitrogens with zero attached hydrogens (tertiary/aromatic N) is 2. The molecule has 10 heteroatoms. The fourth-order valence-corrected chi connectivity index (χ4v) is 6.34. The SMILES string of the molecule is Cc1c(Cl)cccc1NC(=O)CSc1nc2ccc(NC(=O)c3ccccc3C(=O)N3CCCC3)cc2s1. The molecule has 0 unspecified atom stereocenters. The van der Waals surface area contributed by atoms with E-state index in [1.165, 1.54) is 23.1 Å². The zero-order chi connectivity index (χ0) is 26.6. The molecule has 194 valence electrons. The molecule has 1 aromatic heterocycles. The first kappa shape index (κ1) is 26.2. The largest absolute Gasteiger partial charge is 0.339 e. The number of carbonyl (C=O) groups excluding carboxylic acids is 3. The molecule has 3 amide bonds. The topological polar surface area (TPSA) is 91.4 Å². The van der Waals surface area contributed by atoms with Gasteiger partial charge in [0.2, 0.25) is 5.91 Å². The molecule has 7 nitrogen and oxygen atoms in total. The van der Waals surface area contributed by atoms with Crippen molar-refractivity contribution in [2.24, 2.45) is 0 Å². The van der Waals surface area contributed by atoms with Gasteiger partial charge in [-0.2, -0.15) is 0 Å². The number of hydrogen-bond acceptors (Lipinski definition) is 6. The lowest BCUT2D eigenvalue weighted by Crippen LogP contribution is -2.29. The minimum absolute atomic E-state index is 0.109. The fraction of sp³-hybridized carbons (Fsp3) is 0.214. The zero-order valence-electron chi connectivity index (χ0n) is 20.6. The number of carbonyl (C=O) groups is 3. The Balaban J connectivity index is 1.24. The highest BCUT2D eigenvalue weighted by molar-refractivity contribution is 8.01. The first-order chi connectivity index (χ1) is 18.4. The molecule has 38 heavy (non-hydrogen) atoms. The van der Waals surface area contributed by atoms with Crippen molar-refractivity contribution in [1.29, 1.82) is 0 Å². The van der Waals surface area contributed by atoms with Gasteiger partial charge in [-0.15, -0.1) is 11.3 Å². The molecule has 3 aromatic carbocycles. The molecule has 1 saturated heterocycles. The summed E-state index contributed by atoms with van der Waals surface area (Å²) in [4.78, 5) is 44.9. The van der Waals surface area contributed by atoms with Crippen LogP contribution in [0.25, 0.3) is 10.2 Å². The van der Waals surface area contributed by atoms with Crippen molar-refractivity contribution in [2.75, 3.05) is 29.5 Å². The summed E-state index contributed by atoms with van der Waals surface area (Å²) in [5.41, 5.74) is 3.68. The van der Waals surface area contributed by atoms with Gasteiger partial charge in [-0.05, 0) is 67.8 Å². The van der Waals surface area contributed by atoms with Crippen LogP contribution in [0.1, 0.15) is 39.1 Å². The summed E-state index contributed by atoms with van der Waals surface area (Å²) in [5, 5.41) is 6.41. The maximum absolute atomic E-state index is 13.1. The first-order valence-electron chi connectivity index (χ1n) is 12.2. The molecule has 1 aliphatic rings. The second kappa shape index (κ2) is 11.6. The summed E-state index contributed by atoms with van der Waals surface area (Å²) in [6.07, 6.45) is 1.98. The molecule has 4 aromatic rings. The predicted molar refractivity (Wildman–Crippen MR) is 155 cm³/mol. The van der Waals surface area contributed by atoms with E-state index in [-0.39, 0.29) is 23.5 Å². The molecule has 5 rings (SSSR count). The number of nitrogens with one attached hydrogen (secondary N) is 2. The van der Waals surface area contributed by atoms with Crippen LogP contribution in [0.3, 0.4) is 0 Å². The average molecular weight is 565 g/mol. The molecular weight excluding hydrogens is 540 g/mol. The van der Waals surface area contributed by atoms with Crippen LogP contribution in [-0.4, -0.2) is 46.4 Å². The Kier molecular flexibility index (Phi) is 7.97. The Morgan fingerprint density at radius 3 is 2.55 bits per heavy atom. The normalized spacial score (nSPS) is 13.1. The van der Waals surface area contributed by atoms with Crippen molar-refractivity contribution in [1.82, 2.24) is 9.88 Å². The highest BCUT2D eigenvalue weighted by atomic mass is 35.5. The van der Waals surface area contributed by atoms with Crippen molar-refractivity contribution in [3.63, 3.8) is 0 Å². The van der Waals surface area contributed by atoms with Crippen molar-refractivity contribution < 1.29 is 14.4 Å². The maximum Gasteiger partial charge on any atom is 0.256 e. The standard InChI is InChI=1S/C28H25ClN4O3S2/c1-17-21(29)9-6-10-22(17)31-25(34)16-37-28-32-23-12-11-18(15-24(23)38-28)30-26(35)19-7-2-3-8-20(19)27(36)33-13-4-5-14-33/h2-3,6-12,15H,4-5,13-14,16H2,1H3,(H,30,35)(H,31,34). The molecule has 0 atom stereocenters. The minimum Gasteiger partial charge on any atom is -0.339 e. The Labute approximate surface area is 233 Å². The zero-order valence-corrected chi connectivity index (χ0v) is 23.0. The Hall–Kier alpha value is -3.40. The fourth-order valence-electron chi connectivity index (χ4n) is 4.26. The van der Waals surface area contributed by atoms with Crippen LogP contribution in [0.5, 0.6) is 0 Å². The van der Waals surface area contributed by atoms with E-state index in [4.69, 9.17) is 11.6 Å². The lowest BCUT2D eigenvalue weighted by atomic mass is 10.1. The first-order valence-corrected chi connectivity index (χ1v) is 14.3. The lowest BCUT2D eigenvalue weighted by Gasteiger charge is -2.17. The maximum atomic E-state index is 13.1. The third-order valence-electron chi connectivity index (χ3n) is 6.29. The van der Waals surface area contributed by atoms with Crippen LogP contribution in [0.15, 0.2) is 65.0 Å². The van der Waals surface area contributed by atoms with Gasteiger partial charge in [0.05, 0.1) is 27.1 Å². The number of amides is 3. The van der Waals surface area contributed by atoms with Gasteiger partial charge in [-0.25, -0.2) is 4.98 Å². The second-order valence-electron chi connectivity index (χ2n) is 8.91. The van der Waals surface area contributed by atoms with Crippen LogP contribution in [0.2, 0.25) is 5.02 Å². The van der Waals surface area contributed by atoms with E-state index in [0.29, 0.717) is 27.5 Å². The Bertz CT molecular complexity index is 1530. The van der Waals surface area contributed by atoms with Gasteiger partial charge >= 0.3 is 0 Å². The third kappa shape index (κ3) is 5.85. The van der Waals surface area contributed by atoms with Gasteiger partial charge in [0.1, 0.15) is 0 Å². The summed E-state index contributed by atoms with van der Waals surface area (Å²) >= 11 is 8.94. The van der Waals surface area contributed by atoms with E-state index in [2.05, 4.69) is 15.6 Å². The van der Waals surface area contributed by atoms with Crippen LogP contribution in [-0.2, 0) is 4.79 Å². The number of thiazole rings is 1. The molecule has 0 spiro atoms. The average Bonchev–Trinajstić information content (AvgIpc) is 3.60. The van der Waals surface area contributed by atoms with E-state index in [1.807, 2.05) is 25.1 Å². The number of halogens is 1. The monoisotopic (exact) mass is 564 g/mol. The van der Waals surface area contributed by atoms with Gasteiger partial charge in [0.25, 0.3) is 11.8 Å². The number of aromatic nitrogens is 1. The number of benzene rings is 3. The second-order valence-corrected chi connectivity index (χ2v) is 11.6. The lowest BCUT2D eigenvalue weighted by molar-refractivity contribution is -0.113. The molecule has 0 saturated carbocycles. The van der Waals surface area contributed by atoms with E-state index in [0.717, 1.165) is 46.1 Å². The van der Waals surface area contributed by atoms with E-state index in [1.54, 1.807) is 47.4 Å². The number of likely N-dealkylation sites (tertiary alicyclic amines) is 1. The number of thioether (sulfide) groups is 1. The highest BCUT2D eigenvalue weighted by Gasteiger charge is 2.24. The number of fused-ring (bicyclic) bond motifs is 1. The van der Waals surface area contributed by atoms with Crippen molar-refractivity contribution >= 4 is 74.0 Å². The van der Waals surface area contributed by atoms with Gasteiger partial charge in [-0.3, -0.25) is 14.4 Å². The van der Waals surface area contributed by atoms with Crippen LogP contribution >= 0.6 is 34.7 Å². The van der Waals surface area contributed by atoms with Crippen LogP contribution in [0.4, 0.5) is 11.4 Å². The predicted octanol–water partition coefficient (Wildman–Crippen LogP) is 6.48. The van der Waals surface area contributed by atoms with E-state index < -0.39 is 0 Å². The smallest absolute Gasteiger partial charge is 0.256 e. The molecule has 2 N–H and O–H groups in total. The van der Waals surface area contributed by atoms with Crippen LogP contribution in [0, 0.1) is 6.92 Å². The summed E-state index contributed by atoms with van der Waals surface area (Å²) in [6.45, 7) is 3.30. The molecular formula is C28H25ClN4O3S2. The number of rotatable bonds is 7. The van der Waals surface area contributed by atoms with Gasteiger partial charge < -0.3 is 15.5 Å². The quantitative estimate of drug-likeness (QED) is 0.251. The molecule has 0 bridgehead atoms. The molecule has 1 fully saturated rings. The summed E-state index contributed by atoms with van der Waals surface area (Å²) in [7, 11) is 0. The highest BCUT2D eigenvalue weighted by Crippen LogP contribution is 2.32. The molecule has 2 heterocycles.